The van der Waals surface area contributed by atoms with Crippen LogP contribution in [0.4, 0.5) is 0 Å². The molecule has 0 fully saturated rings. The summed E-state index contributed by atoms with van der Waals surface area (Å²) in [5.74, 6) is -0.277. The minimum Gasteiger partial charge on any atom is -0.466 e. The monoisotopic (exact) mass is 186 g/mol. The molecule has 0 saturated heterocycles. The lowest BCUT2D eigenvalue weighted by atomic mass is 10.3. The van der Waals surface area contributed by atoms with E-state index in [1.165, 1.54) is 7.11 Å². The van der Waals surface area contributed by atoms with Crippen LogP contribution < -0.4 is 11.1 Å². The number of hydrogen-bond acceptors (Lipinski definition) is 4. The van der Waals surface area contributed by atoms with Crippen LogP contribution in [0, 0.1) is 0 Å². The van der Waals surface area contributed by atoms with Crippen molar-refractivity contribution < 1.29 is 9.53 Å². The summed E-state index contributed by atoms with van der Waals surface area (Å²) in [6.07, 6.45) is 2.76. The second kappa shape index (κ2) is 7.76. The Morgan fingerprint density at radius 3 is 2.85 bits per heavy atom. The zero-order chi connectivity index (χ0) is 10.1. The summed E-state index contributed by atoms with van der Waals surface area (Å²) < 4.78 is 4.54. The number of hydrogen-bond donors (Lipinski definition) is 2. The second-order valence-electron chi connectivity index (χ2n) is 2.73. The standard InChI is InChI=1S/C9H18N2O2/c1-8(9(12)13-2)4-7-11-6-3-5-10/h4,11H,3,5-7,10H2,1-2H3. The third-order valence-electron chi connectivity index (χ3n) is 1.62. The van der Waals surface area contributed by atoms with E-state index in [2.05, 4.69) is 10.1 Å². The van der Waals surface area contributed by atoms with Crippen LogP contribution in [0.25, 0.3) is 0 Å². The van der Waals surface area contributed by atoms with Gasteiger partial charge in [0, 0.05) is 12.1 Å². The molecule has 0 aliphatic heterocycles. The van der Waals surface area contributed by atoms with Crippen molar-refractivity contribution in [3.63, 3.8) is 0 Å². The molecule has 3 N–H and O–H groups in total. The van der Waals surface area contributed by atoms with Gasteiger partial charge in [0.1, 0.15) is 0 Å². The zero-order valence-corrected chi connectivity index (χ0v) is 8.30. The smallest absolute Gasteiger partial charge is 0.333 e. The maximum absolute atomic E-state index is 10.9. The lowest BCUT2D eigenvalue weighted by Gasteiger charge is -2.00. The number of methoxy groups -OCH3 is 1. The van der Waals surface area contributed by atoms with Crippen molar-refractivity contribution in [2.75, 3.05) is 26.7 Å². The van der Waals surface area contributed by atoms with Gasteiger partial charge in [0.15, 0.2) is 0 Å². The van der Waals surface area contributed by atoms with Gasteiger partial charge in [-0.2, -0.15) is 0 Å². The highest BCUT2D eigenvalue weighted by molar-refractivity contribution is 5.87. The second-order valence-corrected chi connectivity index (χ2v) is 2.73. The van der Waals surface area contributed by atoms with E-state index < -0.39 is 0 Å². The summed E-state index contributed by atoms with van der Waals surface area (Å²) in [4.78, 5) is 10.9. The van der Waals surface area contributed by atoms with Crippen LogP contribution in [0.3, 0.4) is 0 Å². The van der Waals surface area contributed by atoms with E-state index in [9.17, 15) is 4.79 Å². The van der Waals surface area contributed by atoms with Crippen LogP contribution in [-0.4, -0.2) is 32.7 Å². The van der Waals surface area contributed by atoms with Crippen LogP contribution in [-0.2, 0) is 9.53 Å². The van der Waals surface area contributed by atoms with E-state index in [0.29, 0.717) is 18.7 Å². The molecule has 0 unspecified atom stereocenters. The molecule has 76 valence electrons. The molecule has 0 aromatic rings. The third-order valence-corrected chi connectivity index (χ3v) is 1.62. The molecule has 0 bridgehead atoms. The van der Waals surface area contributed by atoms with Crippen LogP contribution >= 0.6 is 0 Å². The number of carbonyl (C=O) groups excluding carboxylic acids is 1. The number of nitrogens with one attached hydrogen (secondary N) is 1. The van der Waals surface area contributed by atoms with Crippen molar-refractivity contribution in [1.82, 2.24) is 5.32 Å². The number of carbonyl (C=O) groups is 1. The molecule has 0 aromatic carbocycles. The summed E-state index contributed by atoms with van der Waals surface area (Å²) in [5, 5.41) is 3.13. The summed E-state index contributed by atoms with van der Waals surface area (Å²) in [5.41, 5.74) is 5.94. The largest absolute Gasteiger partial charge is 0.466 e. The third kappa shape index (κ3) is 6.31. The average Bonchev–Trinajstić information content (AvgIpc) is 2.16. The predicted octanol–water partition coefficient (Wildman–Crippen LogP) is 0.0441. The van der Waals surface area contributed by atoms with Crippen molar-refractivity contribution in [3.8, 4) is 0 Å². The van der Waals surface area contributed by atoms with Gasteiger partial charge in [-0.1, -0.05) is 6.08 Å². The van der Waals surface area contributed by atoms with Crippen LogP contribution in [0.5, 0.6) is 0 Å². The molecule has 0 spiro atoms. The number of nitrogens with two attached hydrogens (primary N) is 1. The molecule has 0 rings (SSSR count). The summed E-state index contributed by atoms with van der Waals surface area (Å²) >= 11 is 0. The Morgan fingerprint density at radius 2 is 2.31 bits per heavy atom. The Bertz CT molecular complexity index is 178. The molecule has 0 heterocycles. The quantitative estimate of drug-likeness (QED) is 0.349. The topological polar surface area (TPSA) is 64.3 Å². The van der Waals surface area contributed by atoms with Crippen LogP contribution in [0.2, 0.25) is 0 Å². The van der Waals surface area contributed by atoms with E-state index in [1.807, 2.05) is 6.08 Å². The SMILES string of the molecule is COC(=O)C(C)=CCNCCCN. The lowest BCUT2D eigenvalue weighted by Crippen LogP contribution is -2.18. The fourth-order valence-electron chi connectivity index (χ4n) is 0.799. The Hall–Kier alpha value is -0.870. The molecular formula is C9H18N2O2. The summed E-state index contributed by atoms with van der Waals surface area (Å²) in [7, 11) is 1.38. The molecule has 0 aliphatic rings. The minimum absolute atomic E-state index is 0.277. The van der Waals surface area contributed by atoms with Gasteiger partial charge in [-0.15, -0.1) is 0 Å². The molecular weight excluding hydrogens is 168 g/mol. The van der Waals surface area contributed by atoms with Gasteiger partial charge in [0.05, 0.1) is 7.11 Å². The van der Waals surface area contributed by atoms with Crippen molar-refractivity contribution in [2.45, 2.75) is 13.3 Å². The van der Waals surface area contributed by atoms with Gasteiger partial charge < -0.3 is 15.8 Å². The first kappa shape index (κ1) is 12.1. The first-order chi connectivity index (χ1) is 6.22. The molecule has 4 nitrogen and oxygen atoms in total. The van der Waals surface area contributed by atoms with E-state index >= 15 is 0 Å². The highest BCUT2D eigenvalue weighted by Gasteiger charge is 2.00. The molecule has 0 aromatic heterocycles. The van der Waals surface area contributed by atoms with E-state index in [-0.39, 0.29) is 5.97 Å². The maximum Gasteiger partial charge on any atom is 0.333 e. The fraction of sp³-hybridized carbons (Fsp3) is 0.667. The molecule has 13 heavy (non-hydrogen) atoms. The van der Waals surface area contributed by atoms with Crippen LogP contribution in [0.15, 0.2) is 11.6 Å². The first-order valence-electron chi connectivity index (χ1n) is 4.38. The van der Waals surface area contributed by atoms with E-state index in [1.54, 1.807) is 6.92 Å². The zero-order valence-electron chi connectivity index (χ0n) is 8.30. The Kier molecular flexibility index (Phi) is 7.24. The van der Waals surface area contributed by atoms with Gasteiger partial charge in [-0.25, -0.2) is 4.79 Å². The Morgan fingerprint density at radius 1 is 1.62 bits per heavy atom. The Labute approximate surface area is 79.1 Å². The molecule has 0 amide bonds. The van der Waals surface area contributed by atoms with Gasteiger partial charge in [-0.05, 0) is 26.4 Å². The summed E-state index contributed by atoms with van der Waals surface area (Å²) in [6.45, 7) is 3.98. The Balaban J connectivity index is 3.53. The normalized spacial score (nSPS) is 11.5. The van der Waals surface area contributed by atoms with E-state index in [4.69, 9.17) is 5.73 Å². The maximum atomic E-state index is 10.9. The van der Waals surface area contributed by atoms with Gasteiger partial charge in [0.2, 0.25) is 0 Å². The molecule has 0 aliphatic carbocycles. The van der Waals surface area contributed by atoms with Crippen molar-refractivity contribution in [2.24, 2.45) is 5.73 Å². The summed E-state index contributed by atoms with van der Waals surface area (Å²) in [6, 6.07) is 0. The van der Waals surface area contributed by atoms with Gasteiger partial charge in [0.25, 0.3) is 0 Å². The van der Waals surface area contributed by atoms with Crippen molar-refractivity contribution in [1.29, 1.82) is 0 Å². The molecule has 0 radical (unpaired) electrons. The fourth-order valence-corrected chi connectivity index (χ4v) is 0.799. The first-order valence-corrected chi connectivity index (χ1v) is 4.38. The number of esters is 1. The molecule has 0 saturated carbocycles. The minimum atomic E-state index is -0.277. The average molecular weight is 186 g/mol. The highest BCUT2D eigenvalue weighted by Crippen LogP contribution is 1.93. The molecule has 4 heteroatoms. The van der Waals surface area contributed by atoms with Crippen molar-refractivity contribution in [3.05, 3.63) is 11.6 Å². The van der Waals surface area contributed by atoms with Gasteiger partial charge >= 0.3 is 5.97 Å². The lowest BCUT2D eigenvalue weighted by molar-refractivity contribution is -0.136. The van der Waals surface area contributed by atoms with Crippen molar-refractivity contribution >= 4 is 5.97 Å². The molecule has 0 atom stereocenters. The highest BCUT2D eigenvalue weighted by atomic mass is 16.5. The predicted molar refractivity (Wildman–Crippen MR) is 52.3 cm³/mol. The number of ether oxygens (including phenoxy) is 1. The van der Waals surface area contributed by atoms with Crippen LogP contribution in [0.1, 0.15) is 13.3 Å². The van der Waals surface area contributed by atoms with Gasteiger partial charge in [-0.3, -0.25) is 0 Å². The number of rotatable bonds is 6. The van der Waals surface area contributed by atoms with E-state index in [0.717, 1.165) is 13.0 Å².